The van der Waals surface area contributed by atoms with E-state index < -0.39 is 9.84 Å². The average Bonchev–Trinajstić information content (AvgIpc) is 2.53. The molecule has 0 unspecified atom stereocenters. The summed E-state index contributed by atoms with van der Waals surface area (Å²) < 4.78 is 27.4. The van der Waals surface area contributed by atoms with Crippen molar-refractivity contribution in [2.75, 3.05) is 19.5 Å². The van der Waals surface area contributed by atoms with Crippen molar-refractivity contribution >= 4 is 9.84 Å². The van der Waals surface area contributed by atoms with Crippen LogP contribution < -0.4 is 0 Å². The Morgan fingerprint density at radius 2 is 2.33 bits per heavy atom. The van der Waals surface area contributed by atoms with Crippen molar-refractivity contribution in [1.82, 2.24) is 4.98 Å². The summed E-state index contributed by atoms with van der Waals surface area (Å²) >= 11 is 0. The Bertz CT molecular complexity index is 314. The molecule has 0 atom stereocenters. The third-order valence-corrected chi connectivity index (χ3v) is 3.09. The van der Waals surface area contributed by atoms with Gasteiger partial charge in [-0.15, -0.1) is 0 Å². The summed E-state index contributed by atoms with van der Waals surface area (Å²) in [6.07, 6.45) is 1.58. The Balaban J connectivity index is 2.74. The molecule has 0 aromatic carbocycles. The average molecular weight is 189 g/mol. The third kappa shape index (κ3) is 2.09. The highest BCUT2D eigenvalue weighted by Crippen LogP contribution is 2.06. The monoisotopic (exact) mass is 189 g/mol. The smallest absolute Gasteiger partial charge is 0.195 e. The van der Waals surface area contributed by atoms with E-state index in [0.29, 0.717) is 0 Å². The molecule has 0 spiro atoms. The van der Waals surface area contributed by atoms with Crippen molar-refractivity contribution in [2.24, 2.45) is 0 Å². The minimum atomic E-state index is -3.16. The van der Waals surface area contributed by atoms with E-state index in [1.807, 2.05) is 0 Å². The molecule has 0 aliphatic rings. The van der Waals surface area contributed by atoms with Crippen LogP contribution in [0, 0.1) is 0 Å². The van der Waals surface area contributed by atoms with Gasteiger partial charge in [-0.25, -0.2) is 8.42 Å². The first-order chi connectivity index (χ1) is 5.67. The summed E-state index contributed by atoms with van der Waals surface area (Å²) in [6, 6.07) is 3.19. The Morgan fingerprint density at radius 1 is 1.58 bits per heavy atom. The van der Waals surface area contributed by atoms with Gasteiger partial charge in [-0.2, -0.15) is 0 Å². The van der Waals surface area contributed by atoms with Crippen molar-refractivity contribution in [2.45, 2.75) is 5.03 Å². The van der Waals surface area contributed by atoms with Crippen molar-refractivity contribution in [3.63, 3.8) is 0 Å². The van der Waals surface area contributed by atoms with Gasteiger partial charge in [-0.05, 0) is 12.1 Å². The fourth-order valence-electron chi connectivity index (χ4n) is 0.810. The number of methoxy groups -OCH3 is 1. The predicted molar refractivity (Wildman–Crippen MR) is 44.7 cm³/mol. The second kappa shape index (κ2) is 3.73. The molecule has 0 aliphatic heterocycles. The maximum absolute atomic E-state index is 11.3. The van der Waals surface area contributed by atoms with E-state index in [4.69, 9.17) is 0 Å². The molecule has 5 heteroatoms. The topological polar surface area (TPSA) is 59.2 Å². The molecule has 0 radical (unpaired) electrons. The van der Waals surface area contributed by atoms with Crippen molar-refractivity contribution in [3.05, 3.63) is 18.3 Å². The van der Waals surface area contributed by atoms with E-state index in [2.05, 4.69) is 9.72 Å². The van der Waals surface area contributed by atoms with Crippen LogP contribution in [0.25, 0.3) is 0 Å². The number of aromatic amines is 1. The van der Waals surface area contributed by atoms with Crippen LogP contribution in [0.2, 0.25) is 0 Å². The molecule has 1 rings (SSSR count). The van der Waals surface area contributed by atoms with Gasteiger partial charge in [0.2, 0.25) is 0 Å². The first-order valence-corrected chi connectivity index (χ1v) is 5.17. The quantitative estimate of drug-likeness (QED) is 0.747. The molecular formula is C7H11NO3S. The first-order valence-electron chi connectivity index (χ1n) is 3.52. The maximum Gasteiger partial charge on any atom is 0.195 e. The minimum absolute atomic E-state index is 0.0179. The van der Waals surface area contributed by atoms with Gasteiger partial charge in [0.1, 0.15) is 5.03 Å². The zero-order valence-electron chi connectivity index (χ0n) is 6.78. The van der Waals surface area contributed by atoms with E-state index in [0.717, 1.165) is 0 Å². The second-order valence-electron chi connectivity index (χ2n) is 2.35. The molecule has 0 saturated heterocycles. The zero-order valence-corrected chi connectivity index (χ0v) is 7.60. The Morgan fingerprint density at radius 3 is 2.83 bits per heavy atom. The first kappa shape index (κ1) is 9.28. The molecule has 12 heavy (non-hydrogen) atoms. The molecule has 1 aromatic rings. The molecule has 0 aliphatic carbocycles. The van der Waals surface area contributed by atoms with Gasteiger partial charge in [0, 0.05) is 13.3 Å². The lowest BCUT2D eigenvalue weighted by atomic mass is 10.7. The number of hydrogen-bond acceptors (Lipinski definition) is 3. The Labute approximate surface area is 71.5 Å². The van der Waals surface area contributed by atoms with Gasteiger partial charge >= 0.3 is 0 Å². The molecule has 1 N–H and O–H groups in total. The van der Waals surface area contributed by atoms with Gasteiger partial charge in [0.05, 0.1) is 12.4 Å². The van der Waals surface area contributed by atoms with Crippen LogP contribution >= 0.6 is 0 Å². The van der Waals surface area contributed by atoms with Crippen molar-refractivity contribution < 1.29 is 13.2 Å². The van der Waals surface area contributed by atoms with Crippen LogP contribution in [0.4, 0.5) is 0 Å². The lowest BCUT2D eigenvalue weighted by Gasteiger charge is -1.99. The highest BCUT2D eigenvalue weighted by atomic mass is 32.2. The van der Waals surface area contributed by atoms with Crippen LogP contribution in [-0.2, 0) is 14.6 Å². The van der Waals surface area contributed by atoms with Crippen LogP contribution in [-0.4, -0.2) is 32.9 Å². The predicted octanol–water partition coefficient (Wildman–Crippen LogP) is 0.435. The highest BCUT2D eigenvalue weighted by molar-refractivity contribution is 7.91. The summed E-state index contributed by atoms with van der Waals surface area (Å²) in [4.78, 5) is 2.64. The van der Waals surface area contributed by atoms with E-state index in [1.165, 1.54) is 13.2 Å². The maximum atomic E-state index is 11.3. The number of hydrogen-bond donors (Lipinski definition) is 1. The van der Waals surface area contributed by atoms with Crippen LogP contribution in [0.3, 0.4) is 0 Å². The van der Waals surface area contributed by atoms with Gasteiger partial charge in [-0.3, -0.25) is 0 Å². The summed E-state index contributed by atoms with van der Waals surface area (Å²) in [7, 11) is -1.68. The van der Waals surface area contributed by atoms with Gasteiger partial charge in [0.15, 0.2) is 9.84 Å². The summed E-state index contributed by atoms with van der Waals surface area (Å²) in [5, 5.41) is 0.250. The Kier molecular flexibility index (Phi) is 2.88. The van der Waals surface area contributed by atoms with Gasteiger partial charge in [0.25, 0.3) is 0 Å². The molecule has 68 valence electrons. The van der Waals surface area contributed by atoms with E-state index in [-0.39, 0.29) is 17.4 Å². The highest BCUT2D eigenvalue weighted by Gasteiger charge is 2.13. The van der Waals surface area contributed by atoms with E-state index in [1.54, 1.807) is 12.3 Å². The molecule has 0 amide bonds. The number of aromatic nitrogens is 1. The fraction of sp³-hybridized carbons (Fsp3) is 0.429. The molecule has 1 aromatic heterocycles. The van der Waals surface area contributed by atoms with E-state index in [9.17, 15) is 8.42 Å². The number of rotatable bonds is 4. The third-order valence-electron chi connectivity index (χ3n) is 1.46. The molecule has 4 nitrogen and oxygen atoms in total. The normalized spacial score (nSPS) is 11.8. The Hall–Kier alpha value is -0.810. The lowest BCUT2D eigenvalue weighted by Crippen LogP contribution is -2.11. The van der Waals surface area contributed by atoms with Crippen molar-refractivity contribution in [3.8, 4) is 0 Å². The number of ether oxygens (including phenoxy) is 1. The van der Waals surface area contributed by atoms with E-state index >= 15 is 0 Å². The molecule has 0 bridgehead atoms. The second-order valence-corrected chi connectivity index (χ2v) is 4.42. The van der Waals surface area contributed by atoms with Crippen LogP contribution in [0.1, 0.15) is 0 Å². The largest absolute Gasteiger partial charge is 0.384 e. The zero-order chi connectivity index (χ0) is 9.03. The lowest BCUT2D eigenvalue weighted by molar-refractivity contribution is 0.217. The summed E-state index contributed by atoms with van der Waals surface area (Å²) in [5.74, 6) is 0.0179. The fourth-order valence-corrected chi connectivity index (χ4v) is 1.95. The molecular weight excluding hydrogens is 178 g/mol. The van der Waals surface area contributed by atoms with Crippen molar-refractivity contribution in [1.29, 1.82) is 0 Å². The number of sulfone groups is 1. The molecule has 1 heterocycles. The van der Waals surface area contributed by atoms with Gasteiger partial charge < -0.3 is 9.72 Å². The molecule has 0 saturated carbocycles. The minimum Gasteiger partial charge on any atom is -0.384 e. The van der Waals surface area contributed by atoms with Crippen LogP contribution in [0.15, 0.2) is 23.4 Å². The summed E-state index contributed by atoms with van der Waals surface area (Å²) in [6.45, 7) is 0.224. The van der Waals surface area contributed by atoms with Gasteiger partial charge in [-0.1, -0.05) is 0 Å². The summed E-state index contributed by atoms with van der Waals surface area (Å²) in [5.41, 5.74) is 0. The molecule has 0 fully saturated rings. The van der Waals surface area contributed by atoms with Crippen LogP contribution in [0.5, 0.6) is 0 Å². The standard InChI is InChI=1S/C7H11NO3S/c1-11-5-6-12(9,10)7-3-2-4-8-7/h2-4,8H,5-6H2,1H3. The SMILES string of the molecule is COCCS(=O)(=O)c1ccc[nH]1. The number of nitrogens with one attached hydrogen (secondary N) is 1. The number of H-pyrrole nitrogens is 1.